The normalized spacial score (nSPS) is 18.9. The number of nitrogens with one attached hydrogen (secondary N) is 1. The van der Waals surface area contributed by atoms with Crippen molar-refractivity contribution in [1.82, 2.24) is 4.90 Å². The molecule has 2 heterocycles. The Hall–Kier alpha value is -1.42. The highest BCUT2D eigenvalue weighted by atomic mass is 16.6. The van der Waals surface area contributed by atoms with Gasteiger partial charge in [-0.15, -0.1) is 0 Å². The number of likely N-dealkylation sites (tertiary alicyclic amines) is 1. The first-order chi connectivity index (χ1) is 8.92. The fourth-order valence-corrected chi connectivity index (χ4v) is 2.52. The molecule has 4 heteroatoms. The maximum atomic E-state index is 5.57. The third-order valence-electron chi connectivity index (χ3n) is 3.50. The molecule has 1 aromatic carbocycles. The lowest BCUT2D eigenvalue weighted by Crippen LogP contribution is -2.26. The standard InChI is InChI=1S/C14H20N2O2/c1-2-7-16(6-1)8-5-15-12-3-4-13-14(11-12)18-10-9-17-13/h3-4,11,15H,1-2,5-10H2. The highest BCUT2D eigenvalue weighted by Crippen LogP contribution is 2.32. The lowest BCUT2D eigenvalue weighted by atomic mass is 10.2. The summed E-state index contributed by atoms with van der Waals surface area (Å²) >= 11 is 0. The fourth-order valence-electron chi connectivity index (χ4n) is 2.52. The molecule has 4 nitrogen and oxygen atoms in total. The van der Waals surface area contributed by atoms with Crippen molar-refractivity contribution in [2.75, 3.05) is 44.7 Å². The Morgan fingerprint density at radius 3 is 2.67 bits per heavy atom. The van der Waals surface area contributed by atoms with Crippen molar-refractivity contribution in [2.45, 2.75) is 12.8 Å². The van der Waals surface area contributed by atoms with Crippen molar-refractivity contribution in [3.05, 3.63) is 18.2 Å². The summed E-state index contributed by atoms with van der Waals surface area (Å²) in [5.74, 6) is 1.71. The zero-order valence-electron chi connectivity index (χ0n) is 10.7. The minimum absolute atomic E-state index is 0.643. The number of nitrogens with zero attached hydrogens (tertiary/aromatic N) is 1. The molecule has 0 aromatic heterocycles. The molecule has 0 unspecified atom stereocenters. The third-order valence-corrected chi connectivity index (χ3v) is 3.50. The summed E-state index contributed by atoms with van der Waals surface area (Å²) in [6.45, 7) is 5.90. The predicted molar refractivity (Wildman–Crippen MR) is 71.6 cm³/mol. The summed E-state index contributed by atoms with van der Waals surface area (Å²) in [5.41, 5.74) is 1.11. The van der Waals surface area contributed by atoms with Crippen molar-refractivity contribution in [3.8, 4) is 11.5 Å². The van der Waals surface area contributed by atoms with Crippen LogP contribution in [0.2, 0.25) is 0 Å². The van der Waals surface area contributed by atoms with E-state index in [-0.39, 0.29) is 0 Å². The average Bonchev–Trinajstić information content (AvgIpc) is 2.92. The summed E-state index contributed by atoms with van der Waals surface area (Å²) in [4.78, 5) is 2.50. The minimum Gasteiger partial charge on any atom is -0.486 e. The lowest BCUT2D eigenvalue weighted by Gasteiger charge is -2.20. The quantitative estimate of drug-likeness (QED) is 0.883. The molecule has 2 aliphatic rings. The molecule has 0 radical (unpaired) electrons. The van der Waals surface area contributed by atoms with Crippen LogP contribution in [-0.4, -0.2) is 44.3 Å². The van der Waals surface area contributed by atoms with Gasteiger partial charge in [-0.1, -0.05) is 0 Å². The van der Waals surface area contributed by atoms with Gasteiger partial charge >= 0.3 is 0 Å². The van der Waals surface area contributed by atoms with Gasteiger partial charge in [-0.2, -0.15) is 0 Å². The molecule has 98 valence electrons. The Morgan fingerprint density at radius 1 is 1.06 bits per heavy atom. The predicted octanol–water partition coefficient (Wildman–Crippen LogP) is 1.97. The molecule has 0 amide bonds. The number of hydrogen-bond acceptors (Lipinski definition) is 4. The first kappa shape index (κ1) is 11.7. The number of ether oxygens (including phenoxy) is 2. The summed E-state index contributed by atoms with van der Waals surface area (Å²) in [5, 5.41) is 3.44. The van der Waals surface area contributed by atoms with E-state index in [0.29, 0.717) is 13.2 Å². The smallest absolute Gasteiger partial charge is 0.163 e. The number of anilines is 1. The maximum Gasteiger partial charge on any atom is 0.163 e. The SMILES string of the molecule is c1cc2c(cc1NCCN1CCCC1)OCCO2. The van der Waals surface area contributed by atoms with Gasteiger partial charge in [0.25, 0.3) is 0 Å². The second-order valence-electron chi connectivity index (χ2n) is 4.83. The Bertz CT molecular complexity index is 403. The number of fused-ring (bicyclic) bond motifs is 1. The van der Waals surface area contributed by atoms with E-state index >= 15 is 0 Å². The first-order valence-electron chi connectivity index (χ1n) is 6.78. The highest BCUT2D eigenvalue weighted by molar-refractivity contribution is 5.55. The molecule has 0 spiro atoms. The van der Waals surface area contributed by atoms with Crippen LogP contribution in [0.15, 0.2) is 18.2 Å². The molecular weight excluding hydrogens is 228 g/mol. The summed E-state index contributed by atoms with van der Waals surface area (Å²) in [6.07, 6.45) is 2.70. The monoisotopic (exact) mass is 248 g/mol. The molecule has 1 N–H and O–H groups in total. The Morgan fingerprint density at radius 2 is 1.83 bits per heavy atom. The second kappa shape index (κ2) is 5.48. The molecule has 1 saturated heterocycles. The Kier molecular flexibility index (Phi) is 3.55. The van der Waals surface area contributed by atoms with Gasteiger partial charge in [-0.05, 0) is 38.1 Å². The fraction of sp³-hybridized carbons (Fsp3) is 0.571. The molecule has 0 saturated carbocycles. The van der Waals surface area contributed by atoms with Crippen LogP contribution in [0.1, 0.15) is 12.8 Å². The van der Waals surface area contributed by atoms with Gasteiger partial charge in [-0.25, -0.2) is 0 Å². The van der Waals surface area contributed by atoms with Crippen molar-refractivity contribution >= 4 is 5.69 Å². The van der Waals surface area contributed by atoms with Crippen molar-refractivity contribution in [1.29, 1.82) is 0 Å². The zero-order chi connectivity index (χ0) is 12.2. The molecule has 2 aliphatic heterocycles. The number of hydrogen-bond donors (Lipinski definition) is 1. The second-order valence-corrected chi connectivity index (χ2v) is 4.83. The molecule has 0 bridgehead atoms. The van der Waals surface area contributed by atoms with Crippen molar-refractivity contribution < 1.29 is 9.47 Å². The van der Waals surface area contributed by atoms with Crippen LogP contribution in [0, 0.1) is 0 Å². The minimum atomic E-state index is 0.643. The van der Waals surface area contributed by atoms with Crippen molar-refractivity contribution in [3.63, 3.8) is 0 Å². The van der Waals surface area contributed by atoms with E-state index in [1.165, 1.54) is 25.9 Å². The molecule has 18 heavy (non-hydrogen) atoms. The number of rotatable bonds is 4. The van der Waals surface area contributed by atoms with Crippen LogP contribution < -0.4 is 14.8 Å². The zero-order valence-corrected chi connectivity index (χ0v) is 10.7. The molecule has 1 fully saturated rings. The highest BCUT2D eigenvalue weighted by Gasteiger charge is 2.12. The van der Waals surface area contributed by atoms with Gasteiger partial charge in [0.2, 0.25) is 0 Å². The van der Waals surface area contributed by atoms with Gasteiger partial charge < -0.3 is 19.7 Å². The molecule has 3 rings (SSSR count). The summed E-state index contributed by atoms with van der Waals surface area (Å²) in [7, 11) is 0. The lowest BCUT2D eigenvalue weighted by molar-refractivity contribution is 0.171. The van der Waals surface area contributed by atoms with Crippen LogP contribution in [0.4, 0.5) is 5.69 Å². The molecular formula is C14H20N2O2. The van der Waals surface area contributed by atoms with E-state index in [4.69, 9.17) is 9.47 Å². The third kappa shape index (κ3) is 2.70. The van der Waals surface area contributed by atoms with Gasteiger partial charge in [0.15, 0.2) is 11.5 Å². The van der Waals surface area contributed by atoms with Gasteiger partial charge in [0, 0.05) is 24.8 Å². The molecule has 0 atom stereocenters. The van der Waals surface area contributed by atoms with Crippen LogP contribution in [0.5, 0.6) is 11.5 Å². The van der Waals surface area contributed by atoms with E-state index < -0.39 is 0 Å². The average molecular weight is 248 g/mol. The van der Waals surface area contributed by atoms with E-state index in [0.717, 1.165) is 30.3 Å². The van der Waals surface area contributed by atoms with Gasteiger partial charge in [0.1, 0.15) is 13.2 Å². The Labute approximate surface area is 108 Å². The summed E-state index contributed by atoms with van der Waals surface area (Å²) < 4.78 is 11.1. The van der Waals surface area contributed by atoms with Gasteiger partial charge in [-0.3, -0.25) is 0 Å². The van der Waals surface area contributed by atoms with Gasteiger partial charge in [0.05, 0.1) is 0 Å². The van der Waals surface area contributed by atoms with Crippen LogP contribution in [-0.2, 0) is 0 Å². The van der Waals surface area contributed by atoms with E-state index in [1.807, 2.05) is 12.1 Å². The van der Waals surface area contributed by atoms with E-state index in [1.54, 1.807) is 0 Å². The first-order valence-corrected chi connectivity index (χ1v) is 6.78. The largest absolute Gasteiger partial charge is 0.486 e. The maximum absolute atomic E-state index is 5.57. The Balaban J connectivity index is 1.52. The topological polar surface area (TPSA) is 33.7 Å². The number of benzene rings is 1. The van der Waals surface area contributed by atoms with Crippen molar-refractivity contribution in [2.24, 2.45) is 0 Å². The van der Waals surface area contributed by atoms with Crippen LogP contribution in [0.25, 0.3) is 0 Å². The van der Waals surface area contributed by atoms with Crippen LogP contribution in [0.3, 0.4) is 0 Å². The van der Waals surface area contributed by atoms with E-state index in [2.05, 4.69) is 16.3 Å². The summed E-state index contributed by atoms with van der Waals surface area (Å²) in [6, 6.07) is 6.06. The molecule has 0 aliphatic carbocycles. The molecule has 1 aromatic rings. The van der Waals surface area contributed by atoms with E-state index in [9.17, 15) is 0 Å². The van der Waals surface area contributed by atoms with Crippen LogP contribution >= 0.6 is 0 Å².